The second kappa shape index (κ2) is 6.16. The molecular formula is C13H10Br4N2. The van der Waals surface area contributed by atoms with Crippen molar-refractivity contribution >= 4 is 75.1 Å². The first kappa shape index (κ1) is 15.4. The minimum Gasteiger partial charge on any atom is -0.398 e. The molecule has 0 radical (unpaired) electrons. The predicted molar refractivity (Wildman–Crippen MR) is 95.3 cm³/mol. The minimum atomic E-state index is 0.651. The molecular weight excluding hydrogens is 504 g/mol. The number of hydrogen-bond acceptors (Lipinski definition) is 2. The molecule has 0 aromatic heterocycles. The molecule has 2 aromatic rings. The third kappa shape index (κ3) is 3.17. The largest absolute Gasteiger partial charge is 0.398 e. The first-order valence-electron chi connectivity index (χ1n) is 5.36. The highest BCUT2D eigenvalue weighted by molar-refractivity contribution is 9.13. The molecule has 2 nitrogen and oxygen atoms in total. The molecule has 0 aliphatic carbocycles. The molecule has 0 bridgehead atoms. The summed E-state index contributed by atoms with van der Waals surface area (Å²) < 4.78 is 3.86. The molecule has 0 aliphatic heterocycles. The van der Waals surface area contributed by atoms with E-state index in [0.717, 1.165) is 40.4 Å². The Bertz CT molecular complexity index is 586. The second-order valence-corrected chi connectivity index (χ2v) is 7.33. The van der Waals surface area contributed by atoms with Gasteiger partial charge in [-0.05, 0) is 99.1 Å². The average Bonchev–Trinajstić information content (AvgIpc) is 2.38. The zero-order chi connectivity index (χ0) is 14.2. The number of benzene rings is 2. The topological polar surface area (TPSA) is 52.0 Å². The van der Waals surface area contributed by atoms with Crippen molar-refractivity contribution in [2.75, 3.05) is 11.5 Å². The highest BCUT2D eigenvalue weighted by Gasteiger charge is 2.14. The van der Waals surface area contributed by atoms with Crippen molar-refractivity contribution in [1.82, 2.24) is 0 Å². The van der Waals surface area contributed by atoms with Gasteiger partial charge in [-0.1, -0.05) is 0 Å². The van der Waals surface area contributed by atoms with Gasteiger partial charge in [-0.3, -0.25) is 0 Å². The van der Waals surface area contributed by atoms with Crippen LogP contribution in [0.1, 0.15) is 11.1 Å². The van der Waals surface area contributed by atoms with Crippen LogP contribution in [0.3, 0.4) is 0 Å². The zero-order valence-corrected chi connectivity index (χ0v) is 16.0. The van der Waals surface area contributed by atoms with Crippen LogP contribution >= 0.6 is 63.7 Å². The van der Waals surface area contributed by atoms with E-state index in [-0.39, 0.29) is 0 Å². The van der Waals surface area contributed by atoms with Crippen molar-refractivity contribution in [3.8, 4) is 0 Å². The van der Waals surface area contributed by atoms with E-state index in [0.29, 0.717) is 6.42 Å². The van der Waals surface area contributed by atoms with Crippen molar-refractivity contribution in [3.63, 3.8) is 0 Å². The third-order valence-corrected chi connectivity index (χ3v) is 7.02. The van der Waals surface area contributed by atoms with Crippen molar-refractivity contribution in [1.29, 1.82) is 0 Å². The fraction of sp³-hybridized carbons (Fsp3) is 0.0769. The van der Waals surface area contributed by atoms with Crippen LogP contribution in [-0.2, 0) is 6.42 Å². The van der Waals surface area contributed by atoms with Gasteiger partial charge >= 0.3 is 0 Å². The van der Waals surface area contributed by atoms with Gasteiger partial charge < -0.3 is 11.5 Å². The monoisotopic (exact) mass is 510 g/mol. The SMILES string of the molecule is Nc1ccc(Br)c(Br)c1Cc1c(N)ccc(Br)c1Br. The Labute approximate surface area is 145 Å². The quantitative estimate of drug-likeness (QED) is 0.522. The van der Waals surface area contributed by atoms with Crippen LogP contribution < -0.4 is 11.5 Å². The van der Waals surface area contributed by atoms with Crippen LogP contribution in [0, 0.1) is 0 Å². The molecule has 2 rings (SSSR count). The summed E-state index contributed by atoms with van der Waals surface area (Å²) in [6.45, 7) is 0. The van der Waals surface area contributed by atoms with E-state index in [1.807, 2.05) is 24.3 Å². The molecule has 19 heavy (non-hydrogen) atoms. The molecule has 0 saturated carbocycles. The summed E-state index contributed by atoms with van der Waals surface area (Å²) in [5, 5.41) is 0. The van der Waals surface area contributed by atoms with Crippen LogP contribution in [0.25, 0.3) is 0 Å². The van der Waals surface area contributed by atoms with Gasteiger partial charge in [0.25, 0.3) is 0 Å². The van der Waals surface area contributed by atoms with Gasteiger partial charge in [0.2, 0.25) is 0 Å². The number of nitrogen functional groups attached to an aromatic ring is 2. The lowest BCUT2D eigenvalue weighted by atomic mass is 10.0. The molecule has 0 atom stereocenters. The van der Waals surface area contributed by atoms with Gasteiger partial charge in [-0.25, -0.2) is 0 Å². The Hall–Kier alpha value is -0.0400. The van der Waals surface area contributed by atoms with Crippen LogP contribution in [0.2, 0.25) is 0 Å². The maximum atomic E-state index is 6.06. The number of rotatable bonds is 2. The summed E-state index contributed by atoms with van der Waals surface area (Å²) in [6, 6.07) is 7.60. The van der Waals surface area contributed by atoms with E-state index in [1.54, 1.807) is 0 Å². The lowest BCUT2D eigenvalue weighted by Crippen LogP contribution is -2.02. The molecule has 2 aromatic carbocycles. The molecule has 0 aliphatic rings. The average molecular weight is 514 g/mol. The van der Waals surface area contributed by atoms with Gasteiger partial charge in [-0.2, -0.15) is 0 Å². The first-order chi connectivity index (χ1) is 8.91. The Kier molecular flexibility index (Phi) is 4.98. The molecule has 100 valence electrons. The van der Waals surface area contributed by atoms with Crippen LogP contribution in [0.15, 0.2) is 42.2 Å². The molecule has 0 spiro atoms. The Morgan fingerprint density at radius 3 is 1.42 bits per heavy atom. The van der Waals surface area contributed by atoms with E-state index >= 15 is 0 Å². The van der Waals surface area contributed by atoms with Crippen molar-refractivity contribution in [3.05, 3.63) is 53.3 Å². The fourth-order valence-corrected chi connectivity index (χ4v) is 3.50. The predicted octanol–water partition coefficient (Wildman–Crippen LogP) is 5.49. The summed E-state index contributed by atoms with van der Waals surface area (Å²) in [7, 11) is 0. The van der Waals surface area contributed by atoms with E-state index in [4.69, 9.17) is 11.5 Å². The second-order valence-electron chi connectivity index (χ2n) is 4.04. The van der Waals surface area contributed by atoms with Crippen LogP contribution in [0.5, 0.6) is 0 Å². The summed E-state index contributed by atoms with van der Waals surface area (Å²) in [6.07, 6.45) is 0.651. The van der Waals surface area contributed by atoms with Gasteiger partial charge in [0, 0.05) is 35.7 Å². The summed E-state index contributed by atoms with van der Waals surface area (Å²) >= 11 is 14.1. The lowest BCUT2D eigenvalue weighted by molar-refractivity contribution is 1.16. The maximum absolute atomic E-state index is 6.06. The van der Waals surface area contributed by atoms with E-state index < -0.39 is 0 Å². The number of halogens is 4. The van der Waals surface area contributed by atoms with Crippen LogP contribution in [-0.4, -0.2) is 0 Å². The molecule has 0 heterocycles. The molecule has 6 heteroatoms. The molecule has 4 N–H and O–H groups in total. The van der Waals surface area contributed by atoms with Gasteiger partial charge in [0.05, 0.1) is 0 Å². The van der Waals surface area contributed by atoms with Crippen molar-refractivity contribution < 1.29 is 0 Å². The number of anilines is 2. The molecule has 0 fully saturated rings. The van der Waals surface area contributed by atoms with Crippen molar-refractivity contribution in [2.24, 2.45) is 0 Å². The standard InChI is InChI=1S/C13H10Br4N2/c14-8-1-3-10(18)6(12(8)16)5-7-11(19)4-2-9(15)13(7)17/h1-4H,5,18-19H2. The Balaban J connectivity index is 2.54. The summed E-state index contributed by atoms with van der Waals surface area (Å²) in [5.41, 5.74) is 15.6. The highest BCUT2D eigenvalue weighted by Crippen LogP contribution is 2.37. The zero-order valence-electron chi connectivity index (χ0n) is 9.68. The molecule has 0 saturated heterocycles. The first-order valence-corrected chi connectivity index (χ1v) is 8.53. The van der Waals surface area contributed by atoms with E-state index in [1.165, 1.54) is 0 Å². The number of nitrogens with two attached hydrogens (primary N) is 2. The summed E-state index contributed by atoms with van der Waals surface area (Å²) in [4.78, 5) is 0. The summed E-state index contributed by atoms with van der Waals surface area (Å²) in [5.74, 6) is 0. The van der Waals surface area contributed by atoms with Gasteiger partial charge in [0.1, 0.15) is 0 Å². The normalized spacial score (nSPS) is 10.7. The lowest BCUT2D eigenvalue weighted by Gasteiger charge is -2.14. The van der Waals surface area contributed by atoms with Crippen LogP contribution in [0.4, 0.5) is 11.4 Å². The third-order valence-electron chi connectivity index (χ3n) is 2.82. The minimum absolute atomic E-state index is 0.651. The van der Waals surface area contributed by atoms with E-state index in [9.17, 15) is 0 Å². The fourth-order valence-electron chi connectivity index (χ4n) is 1.75. The van der Waals surface area contributed by atoms with Gasteiger partial charge in [0.15, 0.2) is 0 Å². The van der Waals surface area contributed by atoms with Gasteiger partial charge in [-0.15, -0.1) is 0 Å². The Morgan fingerprint density at radius 1 is 0.684 bits per heavy atom. The van der Waals surface area contributed by atoms with Crippen molar-refractivity contribution in [2.45, 2.75) is 6.42 Å². The maximum Gasteiger partial charge on any atom is 0.0373 e. The smallest absolute Gasteiger partial charge is 0.0373 e. The molecule has 0 unspecified atom stereocenters. The highest BCUT2D eigenvalue weighted by atomic mass is 79.9. The molecule has 0 amide bonds. The Morgan fingerprint density at radius 2 is 1.05 bits per heavy atom. The number of hydrogen-bond donors (Lipinski definition) is 2. The van der Waals surface area contributed by atoms with E-state index in [2.05, 4.69) is 63.7 Å².